The predicted molar refractivity (Wildman–Crippen MR) is 270 cm³/mol. The molecule has 0 saturated carbocycles. The molecule has 6 nitrogen and oxygen atoms in total. The van der Waals surface area contributed by atoms with Crippen molar-refractivity contribution in [2.24, 2.45) is 0 Å². The van der Waals surface area contributed by atoms with Crippen molar-refractivity contribution in [1.82, 2.24) is 9.13 Å². The van der Waals surface area contributed by atoms with Gasteiger partial charge in [0.25, 0.3) is 0 Å². The summed E-state index contributed by atoms with van der Waals surface area (Å²) < 4.78 is 4.60. The molecule has 0 N–H and O–H groups in total. The molecule has 0 unspecified atom stereocenters. The predicted octanol–water partition coefficient (Wildman–Crippen LogP) is 15.6. The Morgan fingerprint density at radius 2 is 0.591 bits per heavy atom. The monoisotopic (exact) mass is 844 g/mol. The first-order valence-electron chi connectivity index (χ1n) is 21.9. The number of hydrogen-bond acceptors (Lipinski definition) is 4. The molecule has 2 aromatic heterocycles. The number of anilines is 6. The van der Waals surface area contributed by atoms with Crippen LogP contribution < -0.4 is 9.80 Å². The maximum Gasteiger partial charge on any atom is 0.0991 e. The number of nitrogens with zero attached hydrogens (tertiary/aromatic N) is 6. The Labute approximate surface area is 383 Å². The summed E-state index contributed by atoms with van der Waals surface area (Å²) in [6.45, 7) is 0. The van der Waals surface area contributed by atoms with Crippen molar-refractivity contribution in [3.63, 3.8) is 0 Å². The Balaban J connectivity index is 1.06. The van der Waals surface area contributed by atoms with E-state index in [4.69, 9.17) is 0 Å². The Morgan fingerprint density at radius 1 is 0.303 bits per heavy atom. The summed E-state index contributed by atoms with van der Waals surface area (Å²) in [7, 11) is 0. The molecular formula is C60H40N6. The van der Waals surface area contributed by atoms with Gasteiger partial charge in [-0.2, -0.15) is 10.5 Å². The van der Waals surface area contributed by atoms with Gasteiger partial charge in [0.05, 0.1) is 45.7 Å². The Hall–Kier alpha value is -9.36. The summed E-state index contributed by atoms with van der Waals surface area (Å²) in [6, 6.07) is 88.5. The van der Waals surface area contributed by atoms with Gasteiger partial charge in [0.2, 0.25) is 0 Å². The molecule has 0 aliphatic heterocycles. The van der Waals surface area contributed by atoms with Crippen LogP contribution >= 0.6 is 0 Å². The molecule has 0 spiro atoms. The van der Waals surface area contributed by atoms with Gasteiger partial charge in [-0.15, -0.1) is 0 Å². The number of benzene rings is 9. The fourth-order valence-corrected chi connectivity index (χ4v) is 9.03. The number of hydrogen-bond donors (Lipinski definition) is 0. The van der Waals surface area contributed by atoms with Crippen LogP contribution in [0.25, 0.3) is 55.7 Å². The van der Waals surface area contributed by atoms with Crippen LogP contribution in [0.15, 0.2) is 243 Å². The number of aromatic nitrogens is 2. The number of para-hydroxylation sites is 4. The number of nitriles is 2. The van der Waals surface area contributed by atoms with Crippen molar-refractivity contribution in [1.29, 1.82) is 10.5 Å². The molecule has 2 heterocycles. The summed E-state index contributed by atoms with van der Waals surface area (Å²) >= 11 is 0. The number of rotatable bonds is 10. The standard InChI is InChI=1S/C60H40N6/c61-41-43-21-29-55(30-22-43)65-57(45-25-33-53(34-26-45)63(49-13-5-1-6-14-49)50-15-7-2-8-16-50)37-47-39-60-48(40-59(47)65)38-58(66(60)56-31-23-44(42-62)24-32-56)46-27-35-54(36-28-46)64(51-17-9-3-10-18-51)52-19-11-4-12-20-52/h1-40H. The highest BCUT2D eigenvalue weighted by atomic mass is 15.1. The topological polar surface area (TPSA) is 63.9 Å². The smallest absolute Gasteiger partial charge is 0.0991 e. The summed E-state index contributed by atoms with van der Waals surface area (Å²) in [4.78, 5) is 4.53. The molecule has 0 aliphatic carbocycles. The molecular weight excluding hydrogens is 805 g/mol. The minimum atomic E-state index is 0.608. The van der Waals surface area contributed by atoms with Crippen LogP contribution in [0.1, 0.15) is 11.1 Å². The lowest BCUT2D eigenvalue weighted by molar-refractivity contribution is 1.13. The summed E-state index contributed by atoms with van der Waals surface area (Å²) in [6.07, 6.45) is 0. The first-order valence-corrected chi connectivity index (χ1v) is 21.9. The Kier molecular flexibility index (Phi) is 10.2. The fraction of sp³-hybridized carbons (Fsp3) is 0. The van der Waals surface area contributed by atoms with Crippen LogP contribution in [-0.4, -0.2) is 9.13 Å². The van der Waals surface area contributed by atoms with Crippen LogP contribution in [0.2, 0.25) is 0 Å². The molecule has 0 fully saturated rings. The van der Waals surface area contributed by atoms with E-state index in [0.717, 1.165) is 89.8 Å². The second kappa shape index (κ2) is 17.1. The van der Waals surface area contributed by atoms with E-state index in [1.165, 1.54) is 0 Å². The molecule has 9 aromatic carbocycles. The van der Waals surface area contributed by atoms with Crippen LogP contribution in [0, 0.1) is 22.7 Å². The van der Waals surface area contributed by atoms with Crippen molar-refractivity contribution < 1.29 is 0 Å². The van der Waals surface area contributed by atoms with Gasteiger partial charge in [-0.1, -0.05) is 97.1 Å². The van der Waals surface area contributed by atoms with Gasteiger partial charge in [-0.05, 0) is 157 Å². The molecule has 6 heteroatoms. The van der Waals surface area contributed by atoms with Crippen molar-refractivity contribution >= 4 is 55.9 Å². The minimum absolute atomic E-state index is 0.608. The van der Waals surface area contributed by atoms with E-state index in [1.807, 2.05) is 72.8 Å². The van der Waals surface area contributed by atoms with E-state index in [9.17, 15) is 10.5 Å². The van der Waals surface area contributed by atoms with E-state index in [-0.39, 0.29) is 0 Å². The molecule has 0 atom stereocenters. The number of fused-ring (bicyclic) bond motifs is 2. The van der Waals surface area contributed by atoms with Gasteiger partial charge in [-0.3, -0.25) is 0 Å². The maximum atomic E-state index is 9.73. The van der Waals surface area contributed by atoms with Crippen LogP contribution in [-0.2, 0) is 0 Å². The lowest BCUT2D eigenvalue weighted by Crippen LogP contribution is -2.09. The molecule has 0 bridgehead atoms. The molecule has 0 saturated heterocycles. The molecule has 0 radical (unpaired) electrons. The second-order valence-electron chi connectivity index (χ2n) is 16.1. The van der Waals surface area contributed by atoms with Crippen molar-refractivity contribution in [2.45, 2.75) is 0 Å². The first kappa shape index (κ1) is 39.5. The molecule has 66 heavy (non-hydrogen) atoms. The highest BCUT2D eigenvalue weighted by Crippen LogP contribution is 2.41. The van der Waals surface area contributed by atoms with Gasteiger partial charge < -0.3 is 18.9 Å². The second-order valence-corrected chi connectivity index (χ2v) is 16.1. The zero-order chi connectivity index (χ0) is 44.4. The van der Waals surface area contributed by atoms with E-state index in [2.05, 4.69) is 201 Å². The molecule has 310 valence electrons. The largest absolute Gasteiger partial charge is 0.311 e. The average molecular weight is 845 g/mol. The highest BCUT2D eigenvalue weighted by molar-refractivity contribution is 6.02. The van der Waals surface area contributed by atoms with E-state index < -0.39 is 0 Å². The Bertz CT molecular complexity index is 3230. The quantitative estimate of drug-likeness (QED) is 0.138. The van der Waals surface area contributed by atoms with Gasteiger partial charge in [0.15, 0.2) is 0 Å². The first-order chi connectivity index (χ1) is 32.6. The van der Waals surface area contributed by atoms with Gasteiger partial charge >= 0.3 is 0 Å². The molecule has 11 aromatic rings. The van der Waals surface area contributed by atoms with Crippen LogP contribution in [0.3, 0.4) is 0 Å². The Morgan fingerprint density at radius 3 is 0.879 bits per heavy atom. The molecule has 0 aliphatic rings. The van der Waals surface area contributed by atoms with Gasteiger partial charge in [0.1, 0.15) is 0 Å². The third kappa shape index (κ3) is 7.31. The third-order valence-corrected chi connectivity index (χ3v) is 12.1. The SMILES string of the molecule is N#Cc1ccc(-n2c(-c3ccc(N(c4ccccc4)c4ccccc4)cc3)cc3cc4c(cc(-c5ccc(N(c6ccccc6)c6ccccc6)cc5)n4-c4ccc(C#N)cc4)cc32)cc1. The molecule has 11 rings (SSSR count). The lowest BCUT2D eigenvalue weighted by atomic mass is 10.1. The minimum Gasteiger partial charge on any atom is -0.311 e. The van der Waals surface area contributed by atoms with Crippen LogP contribution in [0.4, 0.5) is 34.1 Å². The van der Waals surface area contributed by atoms with Gasteiger partial charge in [0, 0.05) is 56.3 Å². The highest BCUT2D eigenvalue weighted by Gasteiger charge is 2.20. The molecule has 0 amide bonds. The third-order valence-electron chi connectivity index (χ3n) is 12.1. The normalized spacial score (nSPS) is 11.0. The van der Waals surface area contributed by atoms with Crippen molar-refractivity contribution in [2.75, 3.05) is 9.80 Å². The van der Waals surface area contributed by atoms with Crippen LogP contribution in [0.5, 0.6) is 0 Å². The van der Waals surface area contributed by atoms with Gasteiger partial charge in [-0.25, -0.2) is 0 Å². The zero-order valence-electron chi connectivity index (χ0n) is 35.8. The summed E-state index contributed by atoms with van der Waals surface area (Å²) in [5.41, 5.74) is 15.8. The van der Waals surface area contributed by atoms with Crippen molar-refractivity contribution in [3.05, 3.63) is 254 Å². The van der Waals surface area contributed by atoms with E-state index in [0.29, 0.717) is 11.1 Å². The van der Waals surface area contributed by atoms with Crippen molar-refractivity contribution in [3.8, 4) is 46.0 Å². The fourth-order valence-electron chi connectivity index (χ4n) is 9.03. The lowest BCUT2D eigenvalue weighted by Gasteiger charge is -2.25. The average Bonchev–Trinajstić information content (AvgIpc) is 3.95. The zero-order valence-corrected chi connectivity index (χ0v) is 35.8. The van der Waals surface area contributed by atoms with E-state index >= 15 is 0 Å². The maximum absolute atomic E-state index is 9.73. The summed E-state index contributed by atoms with van der Waals surface area (Å²) in [5, 5.41) is 21.6. The summed E-state index contributed by atoms with van der Waals surface area (Å²) in [5.74, 6) is 0. The van der Waals surface area contributed by atoms with E-state index in [1.54, 1.807) is 0 Å².